The van der Waals surface area contributed by atoms with Crippen LogP contribution in [-0.2, 0) is 12.0 Å². The molecule has 2 rings (SSSR count). The molecule has 0 spiro atoms. The van der Waals surface area contributed by atoms with Gasteiger partial charge < -0.3 is 10.5 Å². The predicted octanol–water partition coefficient (Wildman–Crippen LogP) is 3.04. The number of hydrogen-bond donors (Lipinski definition) is 1. The van der Waals surface area contributed by atoms with E-state index in [9.17, 15) is 4.79 Å². The Bertz CT molecular complexity index is 486. The zero-order valence-electron chi connectivity index (χ0n) is 12.6. The van der Waals surface area contributed by atoms with Crippen molar-refractivity contribution in [1.29, 1.82) is 0 Å². The van der Waals surface area contributed by atoms with Crippen LogP contribution in [0.1, 0.15) is 44.7 Å². The summed E-state index contributed by atoms with van der Waals surface area (Å²) in [5.41, 5.74) is 7.33. The first kappa shape index (κ1) is 14.9. The van der Waals surface area contributed by atoms with E-state index in [1.165, 1.54) is 31.5 Å². The van der Waals surface area contributed by atoms with Gasteiger partial charge in [0, 0.05) is 12.1 Å². The molecule has 0 saturated carbocycles. The Hall–Kier alpha value is -1.55. The number of ether oxygens (including phenoxy) is 1. The summed E-state index contributed by atoms with van der Waals surface area (Å²) in [5, 5.41) is 0. The second-order valence-electron chi connectivity index (χ2n) is 6.48. The zero-order chi connectivity index (χ0) is 14.8. The van der Waals surface area contributed by atoms with E-state index in [1.54, 1.807) is 0 Å². The van der Waals surface area contributed by atoms with Crippen molar-refractivity contribution < 1.29 is 9.53 Å². The van der Waals surface area contributed by atoms with Gasteiger partial charge in [-0.25, -0.2) is 4.79 Å². The minimum atomic E-state index is -0.761. The molecule has 110 valence electrons. The first-order valence-electron chi connectivity index (χ1n) is 7.19. The summed E-state index contributed by atoms with van der Waals surface area (Å²) in [4.78, 5) is 13.5. The molecule has 1 aliphatic rings. The Morgan fingerprint density at radius 1 is 1.30 bits per heavy atom. The van der Waals surface area contributed by atoms with Crippen molar-refractivity contribution in [2.24, 2.45) is 5.73 Å². The minimum absolute atomic E-state index is 0.0915. The fraction of sp³-hybridized carbons (Fsp3) is 0.562. The van der Waals surface area contributed by atoms with Crippen LogP contribution in [0.5, 0.6) is 5.75 Å². The fourth-order valence-corrected chi connectivity index (χ4v) is 2.66. The van der Waals surface area contributed by atoms with Crippen molar-refractivity contribution in [1.82, 2.24) is 4.90 Å². The average molecular weight is 276 g/mol. The molecule has 20 heavy (non-hydrogen) atoms. The van der Waals surface area contributed by atoms with Crippen LogP contribution in [0, 0.1) is 0 Å². The maximum absolute atomic E-state index is 11.0. The summed E-state index contributed by atoms with van der Waals surface area (Å²) in [6.45, 7) is 9.62. The highest BCUT2D eigenvalue weighted by atomic mass is 16.5. The summed E-state index contributed by atoms with van der Waals surface area (Å²) in [5.74, 6) is 0.565. The Morgan fingerprint density at radius 2 is 1.95 bits per heavy atom. The standard InChI is InChI=1S/C16H24N2O2/c1-16(2,3)13-10-12(11-18-8-4-5-9-18)6-7-14(13)20-15(17)19/h6-7,10H,4-5,8-9,11H2,1-3H3,(H2,17,19). The van der Waals surface area contributed by atoms with E-state index in [1.807, 2.05) is 12.1 Å². The number of benzene rings is 1. The Kier molecular flexibility index (Phi) is 4.33. The Balaban J connectivity index is 2.25. The van der Waals surface area contributed by atoms with Gasteiger partial charge in [0.1, 0.15) is 5.75 Å². The quantitative estimate of drug-likeness (QED) is 0.923. The van der Waals surface area contributed by atoms with E-state index >= 15 is 0 Å². The molecule has 0 unspecified atom stereocenters. The number of amides is 1. The maximum Gasteiger partial charge on any atom is 0.409 e. The lowest BCUT2D eigenvalue weighted by Gasteiger charge is -2.24. The van der Waals surface area contributed by atoms with Crippen LogP contribution in [0.4, 0.5) is 4.79 Å². The number of primary amides is 1. The molecule has 0 aliphatic carbocycles. The molecule has 1 saturated heterocycles. The maximum atomic E-state index is 11.0. The number of carbonyl (C=O) groups excluding carboxylic acids is 1. The lowest BCUT2D eigenvalue weighted by Crippen LogP contribution is -2.22. The van der Waals surface area contributed by atoms with Crippen molar-refractivity contribution in [3.63, 3.8) is 0 Å². The van der Waals surface area contributed by atoms with Crippen LogP contribution in [0.3, 0.4) is 0 Å². The van der Waals surface area contributed by atoms with Gasteiger partial charge in [-0.1, -0.05) is 32.9 Å². The van der Waals surface area contributed by atoms with Crippen LogP contribution >= 0.6 is 0 Å². The second kappa shape index (κ2) is 5.83. The molecule has 0 radical (unpaired) electrons. The van der Waals surface area contributed by atoms with Gasteiger partial charge in [0.05, 0.1) is 0 Å². The summed E-state index contributed by atoms with van der Waals surface area (Å²) in [6.07, 6.45) is 1.81. The molecular weight excluding hydrogens is 252 g/mol. The van der Waals surface area contributed by atoms with Gasteiger partial charge in [-0.05, 0) is 43.0 Å². The van der Waals surface area contributed by atoms with Crippen molar-refractivity contribution in [3.8, 4) is 5.75 Å². The highest BCUT2D eigenvalue weighted by Crippen LogP contribution is 2.32. The normalized spacial score (nSPS) is 16.4. The number of rotatable bonds is 3. The number of nitrogens with two attached hydrogens (primary N) is 1. The number of hydrogen-bond acceptors (Lipinski definition) is 3. The van der Waals surface area contributed by atoms with Crippen molar-refractivity contribution in [2.45, 2.75) is 45.6 Å². The number of nitrogens with zero attached hydrogens (tertiary/aromatic N) is 1. The van der Waals surface area contributed by atoms with Crippen molar-refractivity contribution in [2.75, 3.05) is 13.1 Å². The molecule has 0 aromatic heterocycles. The monoisotopic (exact) mass is 276 g/mol. The fourth-order valence-electron chi connectivity index (χ4n) is 2.66. The molecule has 0 bridgehead atoms. The highest BCUT2D eigenvalue weighted by Gasteiger charge is 2.21. The SMILES string of the molecule is CC(C)(C)c1cc(CN2CCCC2)ccc1OC(N)=O. The van der Waals surface area contributed by atoms with Gasteiger partial charge in [-0.15, -0.1) is 0 Å². The molecule has 2 N–H and O–H groups in total. The molecule has 4 nitrogen and oxygen atoms in total. The molecule has 1 amide bonds. The third kappa shape index (κ3) is 3.73. The van der Waals surface area contributed by atoms with Gasteiger partial charge in [0.2, 0.25) is 0 Å². The van der Waals surface area contributed by atoms with Crippen molar-refractivity contribution >= 4 is 6.09 Å². The van der Waals surface area contributed by atoms with Gasteiger partial charge >= 0.3 is 6.09 Å². The first-order valence-corrected chi connectivity index (χ1v) is 7.19. The molecule has 1 aromatic rings. The van der Waals surface area contributed by atoms with Crippen LogP contribution in [0.25, 0.3) is 0 Å². The lowest BCUT2D eigenvalue weighted by molar-refractivity contribution is 0.210. The van der Waals surface area contributed by atoms with E-state index in [0.717, 1.165) is 12.1 Å². The van der Waals surface area contributed by atoms with Crippen LogP contribution in [0.2, 0.25) is 0 Å². The summed E-state index contributed by atoms with van der Waals surface area (Å²) in [7, 11) is 0. The van der Waals surface area contributed by atoms with E-state index < -0.39 is 6.09 Å². The number of likely N-dealkylation sites (tertiary alicyclic amines) is 1. The lowest BCUT2D eigenvalue weighted by atomic mass is 9.85. The smallest absolute Gasteiger partial charge is 0.409 e. The molecule has 1 aliphatic heterocycles. The summed E-state index contributed by atoms with van der Waals surface area (Å²) in [6, 6.07) is 6.01. The molecule has 4 heteroatoms. The van der Waals surface area contributed by atoms with Gasteiger partial charge in [-0.3, -0.25) is 4.90 Å². The average Bonchev–Trinajstić information content (AvgIpc) is 2.82. The first-order chi connectivity index (χ1) is 9.36. The number of carbonyl (C=O) groups is 1. The van der Waals surface area contributed by atoms with Crippen LogP contribution < -0.4 is 10.5 Å². The summed E-state index contributed by atoms with van der Waals surface area (Å²) >= 11 is 0. The zero-order valence-corrected chi connectivity index (χ0v) is 12.6. The second-order valence-corrected chi connectivity index (χ2v) is 6.48. The van der Waals surface area contributed by atoms with Gasteiger partial charge in [0.15, 0.2) is 0 Å². The minimum Gasteiger partial charge on any atom is -0.410 e. The molecule has 0 atom stereocenters. The van der Waals surface area contributed by atoms with Gasteiger partial charge in [0.25, 0.3) is 0 Å². The molecule has 1 fully saturated rings. The van der Waals surface area contributed by atoms with Gasteiger partial charge in [-0.2, -0.15) is 0 Å². The highest BCUT2D eigenvalue weighted by molar-refractivity contribution is 5.69. The third-order valence-electron chi connectivity index (χ3n) is 3.67. The van der Waals surface area contributed by atoms with E-state index in [0.29, 0.717) is 5.75 Å². The van der Waals surface area contributed by atoms with E-state index in [4.69, 9.17) is 10.5 Å². The van der Waals surface area contributed by atoms with Crippen molar-refractivity contribution in [3.05, 3.63) is 29.3 Å². The van der Waals surface area contributed by atoms with E-state index in [-0.39, 0.29) is 5.41 Å². The summed E-state index contributed by atoms with van der Waals surface area (Å²) < 4.78 is 5.12. The van der Waals surface area contributed by atoms with Crippen LogP contribution in [0.15, 0.2) is 18.2 Å². The molecule has 1 aromatic carbocycles. The third-order valence-corrected chi connectivity index (χ3v) is 3.67. The topological polar surface area (TPSA) is 55.6 Å². The van der Waals surface area contributed by atoms with Crippen LogP contribution in [-0.4, -0.2) is 24.1 Å². The van der Waals surface area contributed by atoms with E-state index in [2.05, 4.69) is 31.7 Å². The molecular formula is C16H24N2O2. The largest absolute Gasteiger partial charge is 0.410 e. The Morgan fingerprint density at radius 3 is 2.50 bits per heavy atom. The molecule has 1 heterocycles. The predicted molar refractivity (Wildman–Crippen MR) is 79.9 cm³/mol. The Labute approximate surface area is 120 Å².